The molecule has 3 heterocycles. The first kappa shape index (κ1) is 21.3. The van der Waals surface area contributed by atoms with E-state index in [0.717, 1.165) is 6.42 Å². The van der Waals surface area contributed by atoms with Crippen LogP contribution in [-0.4, -0.2) is 60.7 Å². The van der Waals surface area contributed by atoms with Crippen LogP contribution in [0.1, 0.15) is 46.5 Å². The van der Waals surface area contributed by atoms with Crippen LogP contribution in [0.5, 0.6) is 0 Å². The molecular formula is C19H29N3O4S2. The number of carbonyl (C=O) groups is 2. The summed E-state index contributed by atoms with van der Waals surface area (Å²) in [7, 11) is -3.54. The summed E-state index contributed by atoms with van der Waals surface area (Å²) in [6.07, 6.45) is 2.01. The predicted molar refractivity (Wildman–Crippen MR) is 108 cm³/mol. The minimum atomic E-state index is -3.54. The molecule has 9 heteroatoms. The van der Waals surface area contributed by atoms with E-state index in [1.54, 1.807) is 22.4 Å². The largest absolute Gasteiger partial charge is 0.342 e. The van der Waals surface area contributed by atoms with E-state index in [4.69, 9.17) is 0 Å². The average molecular weight is 428 g/mol. The van der Waals surface area contributed by atoms with E-state index in [1.165, 1.54) is 15.6 Å². The lowest BCUT2D eigenvalue weighted by Crippen LogP contribution is -2.73. The molecule has 1 aromatic heterocycles. The van der Waals surface area contributed by atoms with Crippen LogP contribution in [0.15, 0.2) is 21.7 Å². The Morgan fingerprint density at radius 1 is 1.29 bits per heavy atom. The van der Waals surface area contributed by atoms with E-state index in [2.05, 4.69) is 5.32 Å². The molecule has 1 spiro atoms. The number of hydrogen-bond donors (Lipinski definition) is 1. The number of nitrogens with one attached hydrogen (secondary N) is 1. The molecule has 2 amide bonds. The summed E-state index contributed by atoms with van der Waals surface area (Å²) in [5, 5.41) is 4.67. The highest BCUT2D eigenvalue weighted by Crippen LogP contribution is 2.36. The van der Waals surface area contributed by atoms with Crippen LogP contribution in [0.4, 0.5) is 0 Å². The monoisotopic (exact) mass is 427 g/mol. The molecule has 0 aromatic carbocycles. The second-order valence-electron chi connectivity index (χ2n) is 8.01. The highest BCUT2D eigenvalue weighted by Gasteiger charge is 2.54. The number of piperidine rings is 1. The van der Waals surface area contributed by atoms with E-state index in [9.17, 15) is 18.0 Å². The second-order valence-corrected chi connectivity index (χ2v) is 11.1. The Balaban J connectivity index is 1.81. The Morgan fingerprint density at radius 3 is 2.50 bits per heavy atom. The molecule has 3 rings (SSSR count). The summed E-state index contributed by atoms with van der Waals surface area (Å²) < 4.78 is 27.4. The van der Waals surface area contributed by atoms with Crippen molar-refractivity contribution in [1.29, 1.82) is 0 Å². The number of carbonyl (C=O) groups excluding carboxylic acids is 2. The van der Waals surface area contributed by atoms with Gasteiger partial charge in [0.1, 0.15) is 15.8 Å². The third-order valence-corrected chi connectivity index (χ3v) is 8.87. The Hall–Kier alpha value is -1.45. The van der Waals surface area contributed by atoms with Crippen molar-refractivity contribution in [3.05, 3.63) is 17.5 Å². The SMILES string of the molecule is CCCN1C(=O)C(CC(C)C)NC(=O)C12CCN(S(=O)(=O)c1cccs1)CC2. The minimum absolute atomic E-state index is 0.0373. The first-order chi connectivity index (χ1) is 13.2. The topological polar surface area (TPSA) is 86.8 Å². The Labute approximate surface area is 171 Å². The molecule has 1 aromatic rings. The lowest BCUT2D eigenvalue weighted by Gasteiger charge is -2.51. The molecule has 1 N–H and O–H groups in total. The van der Waals surface area contributed by atoms with Gasteiger partial charge in [0.15, 0.2) is 0 Å². The summed E-state index contributed by atoms with van der Waals surface area (Å²) >= 11 is 1.19. The Bertz CT molecular complexity index is 812. The maximum Gasteiger partial charge on any atom is 0.252 e. The van der Waals surface area contributed by atoms with Crippen molar-refractivity contribution < 1.29 is 18.0 Å². The average Bonchev–Trinajstić information content (AvgIpc) is 3.19. The van der Waals surface area contributed by atoms with Gasteiger partial charge in [-0.2, -0.15) is 4.31 Å². The second kappa shape index (κ2) is 8.12. The van der Waals surface area contributed by atoms with Crippen molar-refractivity contribution >= 4 is 33.2 Å². The first-order valence-corrected chi connectivity index (χ1v) is 12.2. The van der Waals surface area contributed by atoms with Crippen LogP contribution in [0.2, 0.25) is 0 Å². The highest BCUT2D eigenvalue weighted by atomic mass is 32.2. The fraction of sp³-hybridized carbons (Fsp3) is 0.684. The van der Waals surface area contributed by atoms with Crippen molar-refractivity contribution in [3.8, 4) is 0 Å². The molecule has 1 unspecified atom stereocenters. The van der Waals surface area contributed by atoms with Crippen LogP contribution in [0, 0.1) is 5.92 Å². The Morgan fingerprint density at radius 2 is 1.96 bits per heavy atom. The van der Waals surface area contributed by atoms with E-state index in [0.29, 0.717) is 35.9 Å². The smallest absolute Gasteiger partial charge is 0.252 e. The van der Waals surface area contributed by atoms with Gasteiger partial charge in [-0.25, -0.2) is 8.42 Å². The maximum absolute atomic E-state index is 13.1. The van der Waals surface area contributed by atoms with Crippen molar-refractivity contribution in [1.82, 2.24) is 14.5 Å². The van der Waals surface area contributed by atoms with E-state index >= 15 is 0 Å². The predicted octanol–water partition coefficient (Wildman–Crippen LogP) is 2.05. The number of thiophene rings is 1. The lowest BCUT2D eigenvalue weighted by molar-refractivity contribution is -0.160. The van der Waals surface area contributed by atoms with Crippen LogP contribution in [0.25, 0.3) is 0 Å². The number of amides is 2. The van der Waals surface area contributed by atoms with Gasteiger partial charge in [-0.3, -0.25) is 9.59 Å². The molecule has 2 aliphatic heterocycles. The molecule has 0 saturated carbocycles. The Kier molecular flexibility index (Phi) is 6.17. The molecular weight excluding hydrogens is 398 g/mol. The van der Waals surface area contributed by atoms with Crippen molar-refractivity contribution in [2.24, 2.45) is 5.92 Å². The van der Waals surface area contributed by atoms with Crippen molar-refractivity contribution in [2.45, 2.75) is 62.2 Å². The van der Waals surface area contributed by atoms with E-state index < -0.39 is 21.6 Å². The summed E-state index contributed by atoms with van der Waals surface area (Å²) in [4.78, 5) is 28.0. The quantitative estimate of drug-likeness (QED) is 0.753. The maximum atomic E-state index is 13.1. The number of rotatable bonds is 6. The van der Waals surface area contributed by atoms with Gasteiger partial charge in [-0.1, -0.05) is 26.8 Å². The van der Waals surface area contributed by atoms with Gasteiger partial charge in [-0.05, 0) is 43.0 Å². The third-order valence-electron chi connectivity index (χ3n) is 5.60. The van der Waals surface area contributed by atoms with Crippen LogP contribution < -0.4 is 5.32 Å². The normalized spacial score (nSPS) is 23.4. The molecule has 28 heavy (non-hydrogen) atoms. The molecule has 0 radical (unpaired) electrons. The van der Waals surface area contributed by atoms with Gasteiger partial charge in [0.2, 0.25) is 11.8 Å². The third kappa shape index (κ3) is 3.71. The first-order valence-electron chi connectivity index (χ1n) is 9.88. The molecule has 2 aliphatic rings. The molecule has 2 fully saturated rings. The van der Waals surface area contributed by atoms with E-state index in [-0.39, 0.29) is 24.9 Å². The fourth-order valence-corrected chi connectivity index (χ4v) is 6.77. The molecule has 0 aliphatic carbocycles. The molecule has 7 nitrogen and oxygen atoms in total. The molecule has 156 valence electrons. The number of piperazine rings is 1. The van der Waals surface area contributed by atoms with Gasteiger partial charge in [0.05, 0.1) is 0 Å². The van der Waals surface area contributed by atoms with Gasteiger partial charge in [0.25, 0.3) is 10.0 Å². The molecule has 1 atom stereocenters. The fourth-order valence-electron chi connectivity index (χ4n) is 4.19. The minimum Gasteiger partial charge on any atom is -0.342 e. The summed E-state index contributed by atoms with van der Waals surface area (Å²) in [5.41, 5.74) is -0.942. The standard InChI is InChI=1S/C19H29N3O4S2/c1-4-9-22-17(23)15(13-14(2)3)20-18(24)19(22)7-10-21(11-8-19)28(25,26)16-6-5-12-27-16/h5-6,12,14-15H,4,7-11,13H2,1-3H3,(H,20,24). The lowest BCUT2D eigenvalue weighted by atomic mass is 9.81. The number of nitrogens with zero attached hydrogens (tertiary/aromatic N) is 2. The molecule has 0 bridgehead atoms. The van der Waals surface area contributed by atoms with Gasteiger partial charge < -0.3 is 10.2 Å². The highest BCUT2D eigenvalue weighted by molar-refractivity contribution is 7.91. The molecule has 2 saturated heterocycles. The number of hydrogen-bond acceptors (Lipinski definition) is 5. The van der Waals surface area contributed by atoms with Gasteiger partial charge in [-0.15, -0.1) is 11.3 Å². The van der Waals surface area contributed by atoms with Crippen LogP contribution in [-0.2, 0) is 19.6 Å². The zero-order valence-electron chi connectivity index (χ0n) is 16.7. The van der Waals surface area contributed by atoms with Crippen LogP contribution >= 0.6 is 11.3 Å². The zero-order chi connectivity index (χ0) is 20.5. The summed E-state index contributed by atoms with van der Waals surface area (Å²) in [5.74, 6) is 0.119. The van der Waals surface area contributed by atoms with Crippen molar-refractivity contribution in [2.75, 3.05) is 19.6 Å². The van der Waals surface area contributed by atoms with Crippen molar-refractivity contribution in [3.63, 3.8) is 0 Å². The number of sulfonamides is 1. The van der Waals surface area contributed by atoms with Gasteiger partial charge in [0, 0.05) is 19.6 Å². The van der Waals surface area contributed by atoms with Crippen LogP contribution in [0.3, 0.4) is 0 Å². The van der Waals surface area contributed by atoms with Gasteiger partial charge >= 0.3 is 0 Å². The van der Waals surface area contributed by atoms with E-state index in [1.807, 2.05) is 20.8 Å². The summed E-state index contributed by atoms with van der Waals surface area (Å²) in [6, 6.07) is 2.83. The zero-order valence-corrected chi connectivity index (χ0v) is 18.3. The summed E-state index contributed by atoms with van der Waals surface area (Å²) in [6.45, 7) is 7.02.